The van der Waals surface area contributed by atoms with Gasteiger partial charge >= 0.3 is 0 Å². The highest BCUT2D eigenvalue weighted by Crippen LogP contribution is 2.28. The monoisotopic (exact) mass is 314 g/mol. The van der Waals surface area contributed by atoms with Crippen LogP contribution >= 0.6 is 31.9 Å². The lowest BCUT2D eigenvalue weighted by atomic mass is 10.1. The SMILES string of the molecule is [2H]c1nc(Br)c([2H])c(-c2ccccc2Br)c1[2H]. The molecule has 0 radical (unpaired) electrons. The van der Waals surface area contributed by atoms with Crippen LogP contribution in [0.3, 0.4) is 0 Å². The maximum absolute atomic E-state index is 7.93. The zero-order valence-electron chi connectivity index (χ0n) is 10.0. The van der Waals surface area contributed by atoms with Crippen molar-refractivity contribution in [2.75, 3.05) is 0 Å². The molecule has 1 heterocycles. The Balaban J connectivity index is 2.80. The second-order valence-electron chi connectivity index (χ2n) is 2.62. The van der Waals surface area contributed by atoms with E-state index in [4.69, 9.17) is 4.11 Å². The predicted octanol–water partition coefficient (Wildman–Crippen LogP) is 4.27. The zero-order valence-corrected chi connectivity index (χ0v) is 10.2. The number of hydrogen-bond acceptors (Lipinski definition) is 1. The molecule has 1 aromatic heterocycles. The fourth-order valence-electron chi connectivity index (χ4n) is 1.09. The van der Waals surface area contributed by atoms with Crippen LogP contribution in [0.4, 0.5) is 0 Å². The lowest BCUT2D eigenvalue weighted by Gasteiger charge is -2.03. The first-order valence-corrected chi connectivity index (χ1v) is 5.49. The van der Waals surface area contributed by atoms with E-state index in [0.29, 0.717) is 5.56 Å². The van der Waals surface area contributed by atoms with E-state index in [9.17, 15) is 0 Å². The highest BCUT2D eigenvalue weighted by molar-refractivity contribution is 9.10. The third-order valence-electron chi connectivity index (χ3n) is 1.71. The second-order valence-corrected chi connectivity index (χ2v) is 4.22. The standard InChI is InChI=1S/C11H7Br2N/c12-10-4-2-1-3-9(10)8-5-6-14-11(13)7-8/h1-7H/i5D,6D,7D. The first-order chi connectivity index (χ1) is 8.02. The molecule has 0 spiro atoms. The Hall–Kier alpha value is -0.670. The molecule has 2 aromatic rings. The molecule has 0 fully saturated rings. The van der Waals surface area contributed by atoms with Gasteiger partial charge in [0, 0.05) is 10.6 Å². The normalized spacial score (nSPS) is 13.1. The summed E-state index contributed by atoms with van der Waals surface area (Å²) in [6, 6.07) is 7.42. The van der Waals surface area contributed by atoms with Crippen molar-refractivity contribution < 1.29 is 4.11 Å². The number of hydrogen-bond donors (Lipinski definition) is 0. The minimum atomic E-state index is -0.140. The molecule has 14 heavy (non-hydrogen) atoms. The molecule has 0 aliphatic carbocycles. The predicted molar refractivity (Wildman–Crippen MR) is 65.1 cm³/mol. The Labute approximate surface area is 104 Å². The number of aromatic nitrogens is 1. The lowest BCUT2D eigenvalue weighted by Crippen LogP contribution is -1.81. The van der Waals surface area contributed by atoms with E-state index in [1.54, 1.807) is 6.07 Å². The van der Waals surface area contributed by atoms with Gasteiger partial charge in [-0.1, -0.05) is 34.1 Å². The Morgan fingerprint density at radius 3 is 2.79 bits per heavy atom. The van der Waals surface area contributed by atoms with Crippen LogP contribution in [-0.4, -0.2) is 4.98 Å². The van der Waals surface area contributed by atoms with Crippen LogP contribution in [0.1, 0.15) is 4.11 Å². The molecule has 0 saturated heterocycles. The Bertz CT molecular complexity index is 561. The number of nitrogens with zero attached hydrogens (tertiary/aromatic N) is 1. The molecule has 0 aliphatic rings. The summed E-state index contributed by atoms with van der Waals surface area (Å²) >= 11 is 6.52. The van der Waals surface area contributed by atoms with E-state index in [-0.39, 0.29) is 22.9 Å². The van der Waals surface area contributed by atoms with E-state index in [2.05, 4.69) is 36.8 Å². The second kappa shape index (κ2) is 4.24. The summed E-state index contributed by atoms with van der Waals surface area (Å²) in [5.74, 6) is 0. The zero-order chi connectivity index (χ0) is 12.6. The molecule has 1 aromatic carbocycles. The summed E-state index contributed by atoms with van der Waals surface area (Å²) in [5.41, 5.74) is 1.13. The first-order valence-electron chi connectivity index (χ1n) is 5.40. The van der Waals surface area contributed by atoms with E-state index in [1.165, 1.54) is 0 Å². The summed E-state index contributed by atoms with van der Waals surface area (Å²) < 4.78 is 24.5. The fourth-order valence-corrected chi connectivity index (χ4v) is 1.86. The maximum Gasteiger partial charge on any atom is 0.106 e. The van der Waals surface area contributed by atoms with Gasteiger partial charge in [0.2, 0.25) is 0 Å². The average Bonchev–Trinajstić information content (AvgIpc) is 2.29. The average molecular weight is 316 g/mol. The van der Waals surface area contributed by atoms with Crippen LogP contribution in [-0.2, 0) is 0 Å². The van der Waals surface area contributed by atoms with E-state index in [0.717, 1.165) is 10.0 Å². The first kappa shape index (κ1) is 6.75. The van der Waals surface area contributed by atoms with E-state index >= 15 is 0 Å². The molecule has 0 N–H and O–H groups in total. The maximum atomic E-state index is 7.93. The van der Waals surface area contributed by atoms with Crippen molar-refractivity contribution >= 4 is 31.9 Å². The molecular weight excluding hydrogens is 306 g/mol. The van der Waals surface area contributed by atoms with Gasteiger partial charge in [0.15, 0.2) is 0 Å². The quantitative estimate of drug-likeness (QED) is 0.716. The van der Waals surface area contributed by atoms with Gasteiger partial charge in [-0.3, -0.25) is 0 Å². The largest absolute Gasteiger partial charge is 0.249 e. The third kappa shape index (κ3) is 2.04. The molecular formula is C11H7Br2N. The van der Waals surface area contributed by atoms with Gasteiger partial charge in [0.05, 0.1) is 4.11 Å². The molecule has 0 aliphatic heterocycles. The van der Waals surface area contributed by atoms with Gasteiger partial charge in [0.25, 0.3) is 0 Å². The van der Waals surface area contributed by atoms with Gasteiger partial charge in [-0.2, -0.15) is 0 Å². The molecule has 0 atom stereocenters. The molecule has 0 saturated carbocycles. The fraction of sp³-hybridized carbons (Fsp3) is 0. The molecule has 3 heteroatoms. The van der Waals surface area contributed by atoms with Crippen LogP contribution in [0, 0.1) is 0 Å². The van der Waals surface area contributed by atoms with Crippen molar-refractivity contribution in [1.82, 2.24) is 4.98 Å². The summed E-state index contributed by atoms with van der Waals surface area (Å²) in [6.45, 7) is 0. The molecule has 2 rings (SSSR count). The van der Waals surface area contributed by atoms with Gasteiger partial charge in [-0.05, 0) is 45.2 Å². The van der Waals surface area contributed by atoms with Crippen LogP contribution < -0.4 is 0 Å². The van der Waals surface area contributed by atoms with Gasteiger partial charge < -0.3 is 0 Å². The van der Waals surface area contributed by atoms with Gasteiger partial charge in [-0.15, -0.1) is 0 Å². The van der Waals surface area contributed by atoms with Crippen molar-refractivity contribution in [2.24, 2.45) is 0 Å². The number of pyridine rings is 1. The molecule has 0 bridgehead atoms. The lowest BCUT2D eigenvalue weighted by molar-refractivity contribution is 1.28. The summed E-state index contributed by atoms with van der Waals surface area (Å²) in [7, 11) is 0. The Morgan fingerprint density at radius 1 is 1.21 bits per heavy atom. The molecule has 0 amide bonds. The smallest absolute Gasteiger partial charge is 0.106 e. The third-order valence-corrected chi connectivity index (χ3v) is 2.77. The van der Waals surface area contributed by atoms with Crippen molar-refractivity contribution in [1.29, 1.82) is 0 Å². The number of halogens is 2. The number of rotatable bonds is 1. The Kier molecular flexibility index (Phi) is 2.04. The van der Waals surface area contributed by atoms with Gasteiger partial charge in [0.1, 0.15) is 4.60 Å². The van der Waals surface area contributed by atoms with Crippen LogP contribution in [0.2, 0.25) is 0 Å². The molecule has 70 valence electrons. The summed E-state index contributed by atoms with van der Waals surface area (Å²) in [4.78, 5) is 3.78. The molecule has 1 nitrogen and oxygen atoms in total. The summed E-state index contributed by atoms with van der Waals surface area (Å²) in [5, 5.41) is 0. The van der Waals surface area contributed by atoms with E-state index in [1.807, 2.05) is 18.2 Å². The van der Waals surface area contributed by atoms with Crippen molar-refractivity contribution in [2.45, 2.75) is 0 Å². The highest BCUT2D eigenvalue weighted by atomic mass is 79.9. The minimum absolute atomic E-state index is 0.0369. The highest BCUT2D eigenvalue weighted by Gasteiger charge is 2.01. The van der Waals surface area contributed by atoms with Crippen LogP contribution in [0.15, 0.2) is 51.6 Å². The minimum Gasteiger partial charge on any atom is -0.249 e. The van der Waals surface area contributed by atoms with Crippen molar-refractivity contribution in [3.8, 4) is 11.1 Å². The van der Waals surface area contributed by atoms with E-state index < -0.39 is 0 Å². The Morgan fingerprint density at radius 2 is 2.00 bits per heavy atom. The van der Waals surface area contributed by atoms with Crippen molar-refractivity contribution in [3.05, 3.63) is 51.6 Å². The van der Waals surface area contributed by atoms with Crippen LogP contribution in [0.25, 0.3) is 11.1 Å². The number of benzene rings is 1. The van der Waals surface area contributed by atoms with Gasteiger partial charge in [-0.25, -0.2) is 4.98 Å². The van der Waals surface area contributed by atoms with Crippen LogP contribution in [0.5, 0.6) is 0 Å². The van der Waals surface area contributed by atoms with Crippen molar-refractivity contribution in [3.63, 3.8) is 0 Å². The molecule has 0 unspecified atom stereocenters. The topological polar surface area (TPSA) is 12.9 Å². The summed E-state index contributed by atoms with van der Waals surface area (Å²) in [6.07, 6.45) is -0.140.